The molecule has 0 fully saturated rings. The molecule has 3 aromatic rings. The van der Waals surface area contributed by atoms with Crippen LogP contribution in [0.25, 0.3) is 0 Å². The lowest BCUT2D eigenvalue weighted by Crippen LogP contribution is -2.38. The molecule has 0 atom stereocenters. The Hall–Kier alpha value is -2.60. The molecule has 5 nitrogen and oxygen atoms in total. The van der Waals surface area contributed by atoms with Crippen LogP contribution in [0.4, 0.5) is 0 Å². The van der Waals surface area contributed by atoms with Crippen molar-refractivity contribution < 1.29 is 0 Å². The molecule has 2 N–H and O–H groups in total. The molecule has 0 saturated carbocycles. The lowest BCUT2D eigenvalue weighted by atomic mass is 10.1. The van der Waals surface area contributed by atoms with Crippen LogP contribution in [0.15, 0.2) is 65.2 Å². The van der Waals surface area contributed by atoms with Crippen LogP contribution in [0.1, 0.15) is 23.2 Å². The highest BCUT2D eigenvalue weighted by Gasteiger charge is 2.04. The van der Waals surface area contributed by atoms with E-state index in [4.69, 9.17) is 4.98 Å². The first kappa shape index (κ1) is 19.2. The van der Waals surface area contributed by atoms with E-state index in [1.165, 1.54) is 10.6 Å². The van der Waals surface area contributed by atoms with Crippen LogP contribution in [-0.2, 0) is 25.9 Å². The lowest BCUT2D eigenvalue weighted by molar-refractivity contribution is 0.665. The second kappa shape index (κ2) is 10.5. The molecular formula is C21H27N5S. The van der Waals surface area contributed by atoms with Crippen LogP contribution in [0.3, 0.4) is 0 Å². The third kappa shape index (κ3) is 6.57. The molecule has 0 amide bonds. The highest BCUT2D eigenvalue weighted by Crippen LogP contribution is 2.13. The number of aliphatic imine (C=N–C) groups is 1. The number of nitrogens with one attached hydrogen (secondary N) is 2. The SMILES string of the molecule is CCNC(=NCc1csc(CCc2ccccc2)n1)NCCn1cccc1. The summed E-state index contributed by atoms with van der Waals surface area (Å²) in [6.45, 7) is 5.26. The van der Waals surface area contributed by atoms with Crippen LogP contribution in [0.5, 0.6) is 0 Å². The van der Waals surface area contributed by atoms with E-state index in [2.05, 4.69) is 75.2 Å². The van der Waals surface area contributed by atoms with Gasteiger partial charge in [0.15, 0.2) is 5.96 Å². The van der Waals surface area contributed by atoms with Gasteiger partial charge in [-0.2, -0.15) is 0 Å². The number of guanidine groups is 1. The minimum atomic E-state index is 0.598. The Morgan fingerprint density at radius 2 is 1.89 bits per heavy atom. The molecule has 3 rings (SSSR count). The van der Waals surface area contributed by atoms with E-state index < -0.39 is 0 Å². The smallest absolute Gasteiger partial charge is 0.191 e. The average Bonchev–Trinajstić information content (AvgIpc) is 3.37. The van der Waals surface area contributed by atoms with E-state index in [9.17, 15) is 0 Å². The predicted molar refractivity (Wildman–Crippen MR) is 113 cm³/mol. The molecule has 0 aliphatic heterocycles. The van der Waals surface area contributed by atoms with Crippen molar-refractivity contribution in [2.75, 3.05) is 13.1 Å². The van der Waals surface area contributed by atoms with Crippen molar-refractivity contribution in [2.45, 2.75) is 32.9 Å². The Bertz CT molecular complexity index is 808. The maximum absolute atomic E-state index is 4.73. The van der Waals surface area contributed by atoms with Gasteiger partial charge in [0.2, 0.25) is 0 Å². The quantitative estimate of drug-likeness (QED) is 0.441. The molecule has 27 heavy (non-hydrogen) atoms. The monoisotopic (exact) mass is 381 g/mol. The summed E-state index contributed by atoms with van der Waals surface area (Å²) >= 11 is 1.73. The van der Waals surface area contributed by atoms with Crippen molar-refractivity contribution in [3.8, 4) is 0 Å². The number of hydrogen-bond acceptors (Lipinski definition) is 3. The van der Waals surface area contributed by atoms with E-state index in [0.29, 0.717) is 6.54 Å². The summed E-state index contributed by atoms with van der Waals surface area (Å²) in [5.41, 5.74) is 2.39. The first-order valence-corrected chi connectivity index (χ1v) is 10.3. The van der Waals surface area contributed by atoms with Gasteiger partial charge in [0, 0.05) is 43.8 Å². The summed E-state index contributed by atoms with van der Waals surface area (Å²) in [6.07, 6.45) is 6.14. The van der Waals surface area contributed by atoms with Gasteiger partial charge in [-0.05, 0) is 31.0 Å². The molecule has 1 aromatic carbocycles. The first-order valence-electron chi connectivity index (χ1n) is 9.43. The minimum Gasteiger partial charge on any atom is -0.357 e. The molecule has 0 bridgehead atoms. The van der Waals surface area contributed by atoms with E-state index in [1.54, 1.807) is 11.3 Å². The number of hydrogen-bond donors (Lipinski definition) is 2. The molecule has 6 heteroatoms. The van der Waals surface area contributed by atoms with Gasteiger partial charge in [0.05, 0.1) is 17.2 Å². The van der Waals surface area contributed by atoms with Crippen molar-refractivity contribution in [3.63, 3.8) is 0 Å². The van der Waals surface area contributed by atoms with Crippen LogP contribution in [0.2, 0.25) is 0 Å². The molecule has 0 aliphatic rings. The van der Waals surface area contributed by atoms with E-state index in [1.807, 2.05) is 12.1 Å². The second-order valence-corrected chi connectivity index (χ2v) is 7.20. The highest BCUT2D eigenvalue weighted by atomic mass is 32.1. The Labute approximate surface area is 165 Å². The molecule has 2 aromatic heterocycles. The third-order valence-electron chi connectivity index (χ3n) is 4.14. The van der Waals surface area contributed by atoms with Gasteiger partial charge in [0.1, 0.15) is 0 Å². The van der Waals surface area contributed by atoms with Crippen molar-refractivity contribution in [3.05, 3.63) is 76.5 Å². The fraction of sp³-hybridized carbons (Fsp3) is 0.333. The Balaban J connectivity index is 1.47. The van der Waals surface area contributed by atoms with E-state index in [0.717, 1.165) is 44.1 Å². The molecule has 0 aliphatic carbocycles. The number of aromatic nitrogens is 2. The summed E-state index contributed by atoms with van der Waals surface area (Å²) in [5, 5.41) is 9.96. The van der Waals surface area contributed by atoms with Gasteiger partial charge in [-0.3, -0.25) is 0 Å². The summed E-state index contributed by atoms with van der Waals surface area (Å²) in [6, 6.07) is 14.6. The predicted octanol–water partition coefficient (Wildman–Crippen LogP) is 3.49. The van der Waals surface area contributed by atoms with Crippen LogP contribution in [0, 0.1) is 0 Å². The van der Waals surface area contributed by atoms with Gasteiger partial charge < -0.3 is 15.2 Å². The van der Waals surface area contributed by atoms with E-state index in [-0.39, 0.29) is 0 Å². The number of nitrogens with zero attached hydrogens (tertiary/aromatic N) is 3. The molecule has 0 spiro atoms. The van der Waals surface area contributed by atoms with Crippen molar-refractivity contribution >= 4 is 17.3 Å². The summed E-state index contributed by atoms with van der Waals surface area (Å²) in [7, 11) is 0. The van der Waals surface area contributed by atoms with Gasteiger partial charge in [-0.15, -0.1) is 11.3 Å². The maximum atomic E-state index is 4.73. The number of aryl methyl sites for hydroxylation is 2. The Kier molecular flexibility index (Phi) is 7.47. The Morgan fingerprint density at radius 1 is 1.07 bits per heavy atom. The zero-order valence-electron chi connectivity index (χ0n) is 15.8. The minimum absolute atomic E-state index is 0.598. The fourth-order valence-corrected chi connectivity index (χ4v) is 3.55. The summed E-state index contributed by atoms with van der Waals surface area (Å²) in [4.78, 5) is 9.39. The average molecular weight is 382 g/mol. The molecule has 0 unspecified atom stereocenters. The molecular weight excluding hydrogens is 354 g/mol. The van der Waals surface area contributed by atoms with Gasteiger partial charge in [0.25, 0.3) is 0 Å². The topological polar surface area (TPSA) is 54.2 Å². The fourth-order valence-electron chi connectivity index (χ4n) is 2.76. The summed E-state index contributed by atoms with van der Waals surface area (Å²) in [5.74, 6) is 0.837. The zero-order chi connectivity index (χ0) is 18.7. The largest absolute Gasteiger partial charge is 0.357 e. The highest BCUT2D eigenvalue weighted by molar-refractivity contribution is 7.09. The maximum Gasteiger partial charge on any atom is 0.191 e. The van der Waals surface area contributed by atoms with Crippen molar-refractivity contribution in [1.29, 1.82) is 0 Å². The van der Waals surface area contributed by atoms with Crippen molar-refractivity contribution in [2.24, 2.45) is 4.99 Å². The summed E-state index contributed by atoms with van der Waals surface area (Å²) < 4.78 is 2.15. The molecule has 142 valence electrons. The number of benzene rings is 1. The van der Waals surface area contributed by atoms with Gasteiger partial charge >= 0.3 is 0 Å². The molecule has 0 saturated heterocycles. The number of rotatable bonds is 9. The molecule has 2 heterocycles. The second-order valence-electron chi connectivity index (χ2n) is 6.26. The zero-order valence-corrected chi connectivity index (χ0v) is 16.6. The van der Waals surface area contributed by atoms with Gasteiger partial charge in [-0.1, -0.05) is 30.3 Å². The number of thiazole rings is 1. The standard InChI is InChI=1S/C21H27N5S/c1-2-22-21(23-12-15-26-13-6-7-14-26)24-16-19-17-27-20(25-19)11-10-18-8-4-3-5-9-18/h3-9,13-14,17H,2,10-12,15-16H2,1H3,(H2,22,23,24). The van der Waals surface area contributed by atoms with Crippen molar-refractivity contribution in [1.82, 2.24) is 20.2 Å². The third-order valence-corrected chi connectivity index (χ3v) is 5.10. The first-order chi connectivity index (χ1) is 13.3. The van der Waals surface area contributed by atoms with Crippen LogP contribution < -0.4 is 10.6 Å². The Morgan fingerprint density at radius 3 is 2.67 bits per heavy atom. The lowest BCUT2D eigenvalue weighted by Gasteiger charge is -2.11. The van der Waals surface area contributed by atoms with E-state index >= 15 is 0 Å². The van der Waals surface area contributed by atoms with Crippen LogP contribution in [-0.4, -0.2) is 28.6 Å². The molecule has 0 radical (unpaired) electrons. The van der Waals surface area contributed by atoms with Crippen LogP contribution >= 0.6 is 11.3 Å². The normalized spacial score (nSPS) is 11.5. The van der Waals surface area contributed by atoms with Gasteiger partial charge in [-0.25, -0.2) is 9.98 Å².